The Labute approximate surface area is 166 Å². The molecule has 2 unspecified atom stereocenters. The predicted molar refractivity (Wildman–Crippen MR) is 102 cm³/mol. The summed E-state index contributed by atoms with van der Waals surface area (Å²) in [5.41, 5.74) is 0. The van der Waals surface area contributed by atoms with Crippen LogP contribution in [0.5, 0.6) is 0 Å². The van der Waals surface area contributed by atoms with Gasteiger partial charge in [-0.1, -0.05) is 12.8 Å². The molecule has 0 radical (unpaired) electrons. The van der Waals surface area contributed by atoms with Crippen LogP contribution in [0.1, 0.15) is 52.4 Å². The Kier molecular flexibility index (Phi) is 6.31. The maximum absolute atomic E-state index is 12.9. The summed E-state index contributed by atoms with van der Waals surface area (Å²) in [5.74, 6) is -1.39. The fourth-order valence-electron chi connectivity index (χ4n) is 4.60. The summed E-state index contributed by atoms with van der Waals surface area (Å²) in [6.45, 7) is 3.71. The molecule has 2 amide bonds. The Balaban J connectivity index is 1.59. The highest BCUT2D eigenvalue weighted by atomic mass is 32.2. The van der Waals surface area contributed by atoms with Gasteiger partial charge in [0.15, 0.2) is 16.4 Å². The number of nitrogens with zero attached hydrogens (tertiary/aromatic N) is 2. The first-order valence-corrected chi connectivity index (χ1v) is 12.0. The second-order valence-corrected chi connectivity index (χ2v) is 10.7. The Morgan fingerprint density at radius 2 is 1.86 bits per heavy atom. The highest BCUT2D eigenvalue weighted by Crippen LogP contribution is 2.29. The van der Waals surface area contributed by atoms with Gasteiger partial charge in [0.2, 0.25) is 5.91 Å². The number of likely N-dealkylation sites (tertiary alicyclic amines) is 1. The lowest BCUT2D eigenvalue weighted by Gasteiger charge is -2.34. The van der Waals surface area contributed by atoms with E-state index in [0.717, 1.165) is 25.7 Å². The van der Waals surface area contributed by atoms with Gasteiger partial charge < -0.3 is 14.5 Å². The summed E-state index contributed by atoms with van der Waals surface area (Å²) in [6, 6.07) is -0.285. The standard InChI is InChI=1S/C19H30N2O6S/c1-13(2)20-10-14(9-17(20)22)19(24)27-11-18(23)21(15-5-3-4-6-15)16-7-8-28(25,26)12-16/h13-16H,3-12H2,1-2H3. The first-order valence-electron chi connectivity index (χ1n) is 10.2. The van der Waals surface area contributed by atoms with Crippen molar-refractivity contribution in [3.05, 3.63) is 0 Å². The number of rotatable bonds is 6. The Morgan fingerprint density at radius 1 is 1.18 bits per heavy atom. The molecule has 0 spiro atoms. The number of hydrogen-bond donors (Lipinski definition) is 0. The highest BCUT2D eigenvalue weighted by Gasteiger charge is 2.40. The molecule has 2 heterocycles. The molecule has 0 N–H and O–H groups in total. The SMILES string of the molecule is CC(C)N1CC(C(=O)OCC(=O)N(C2CCCC2)C2CCS(=O)(=O)C2)CC1=O. The summed E-state index contributed by atoms with van der Waals surface area (Å²) < 4.78 is 29.0. The van der Waals surface area contributed by atoms with Crippen molar-refractivity contribution in [2.75, 3.05) is 24.7 Å². The number of esters is 1. The topological polar surface area (TPSA) is 101 Å². The van der Waals surface area contributed by atoms with Gasteiger partial charge in [0.05, 0.1) is 17.4 Å². The molecule has 28 heavy (non-hydrogen) atoms. The second kappa shape index (κ2) is 8.39. The maximum Gasteiger partial charge on any atom is 0.311 e. The molecule has 2 atom stereocenters. The largest absolute Gasteiger partial charge is 0.455 e. The Hall–Kier alpha value is -1.64. The quantitative estimate of drug-likeness (QED) is 0.595. The van der Waals surface area contributed by atoms with Gasteiger partial charge in [-0.15, -0.1) is 0 Å². The van der Waals surface area contributed by atoms with E-state index in [1.54, 1.807) is 9.80 Å². The normalized spacial score (nSPS) is 27.5. The lowest BCUT2D eigenvalue weighted by molar-refractivity contribution is -0.157. The van der Waals surface area contributed by atoms with Crippen molar-refractivity contribution < 1.29 is 27.5 Å². The molecule has 0 bridgehead atoms. The van der Waals surface area contributed by atoms with Gasteiger partial charge in [-0.3, -0.25) is 14.4 Å². The number of amides is 2. The summed E-state index contributed by atoms with van der Waals surface area (Å²) in [4.78, 5) is 40.5. The van der Waals surface area contributed by atoms with Crippen LogP contribution in [-0.2, 0) is 29.0 Å². The molecule has 2 saturated heterocycles. The molecule has 0 aromatic heterocycles. The van der Waals surface area contributed by atoms with E-state index in [4.69, 9.17) is 4.74 Å². The number of hydrogen-bond acceptors (Lipinski definition) is 6. The molecule has 3 aliphatic rings. The van der Waals surface area contributed by atoms with Crippen LogP contribution in [0.25, 0.3) is 0 Å². The van der Waals surface area contributed by atoms with E-state index in [-0.39, 0.29) is 47.9 Å². The number of carbonyl (C=O) groups excluding carboxylic acids is 3. The molecule has 8 nitrogen and oxygen atoms in total. The minimum atomic E-state index is -3.11. The van der Waals surface area contributed by atoms with E-state index in [1.165, 1.54) is 0 Å². The first-order chi connectivity index (χ1) is 13.2. The molecular formula is C19H30N2O6S. The lowest BCUT2D eigenvalue weighted by Crippen LogP contribution is -2.48. The minimum Gasteiger partial charge on any atom is -0.455 e. The summed E-state index contributed by atoms with van der Waals surface area (Å²) in [7, 11) is -3.11. The van der Waals surface area contributed by atoms with Crippen LogP contribution in [-0.4, -0.2) is 78.8 Å². The number of carbonyl (C=O) groups is 3. The average Bonchev–Trinajstić information content (AvgIpc) is 3.34. The van der Waals surface area contributed by atoms with E-state index < -0.39 is 28.3 Å². The van der Waals surface area contributed by atoms with Crippen molar-refractivity contribution >= 4 is 27.6 Å². The zero-order valence-corrected chi connectivity index (χ0v) is 17.4. The van der Waals surface area contributed by atoms with E-state index in [9.17, 15) is 22.8 Å². The molecule has 2 aliphatic heterocycles. The molecule has 0 aromatic carbocycles. The smallest absolute Gasteiger partial charge is 0.311 e. The molecule has 3 fully saturated rings. The molecule has 1 saturated carbocycles. The Bertz CT molecular complexity index is 729. The predicted octanol–water partition coefficient (Wildman–Crippen LogP) is 0.745. The molecule has 0 aromatic rings. The summed E-state index contributed by atoms with van der Waals surface area (Å²) >= 11 is 0. The fourth-order valence-corrected chi connectivity index (χ4v) is 6.31. The number of sulfone groups is 1. The van der Waals surface area contributed by atoms with Crippen LogP contribution < -0.4 is 0 Å². The van der Waals surface area contributed by atoms with Gasteiger partial charge in [-0.2, -0.15) is 0 Å². The van der Waals surface area contributed by atoms with Crippen LogP contribution >= 0.6 is 0 Å². The van der Waals surface area contributed by atoms with Crippen LogP contribution in [0.3, 0.4) is 0 Å². The van der Waals surface area contributed by atoms with Crippen molar-refractivity contribution in [2.45, 2.75) is 70.5 Å². The summed E-state index contributed by atoms with van der Waals surface area (Å²) in [5, 5.41) is 0. The molecular weight excluding hydrogens is 384 g/mol. The van der Waals surface area contributed by atoms with Crippen LogP contribution in [0.4, 0.5) is 0 Å². The monoisotopic (exact) mass is 414 g/mol. The maximum atomic E-state index is 12.9. The molecule has 9 heteroatoms. The van der Waals surface area contributed by atoms with E-state index >= 15 is 0 Å². The van der Waals surface area contributed by atoms with Crippen molar-refractivity contribution in [2.24, 2.45) is 5.92 Å². The third kappa shape index (κ3) is 4.67. The lowest BCUT2D eigenvalue weighted by atomic mass is 10.1. The zero-order chi connectivity index (χ0) is 20.5. The van der Waals surface area contributed by atoms with Gasteiger partial charge in [0, 0.05) is 31.1 Å². The third-order valence-electron chi connectivity index (χ3n) is 6.06. The van der Waals surface area contributed by atoms with Crippen LogP contribution in [0, 0.1) is 5.92 Å². The van der Waals surface area contributed by atoms with Crippen molar-refractivity contribution in [3.8, 4) is 0 Å². The van der Waals surface area contributed by atoms with Gasteiger partial charge in [-0.05, 0) is 33.1 Å². The zero-order valence-electron chi connectivity index (χ0n) is 16.6. The average molecular weight is 415 g/mol. The van der Waals surface area contributed by atoms with Crippen molar-refractivity contribution in [1.82, 2.24) is 9.80 Å². The van der Waals surface area contributed by atoms with Gasteiger partial charge in [-0.25, -0.2) is 8.42 Å². The minimum absolute atomic E-state index is 0.0103. The van der Waals surface area contributed by atoms with Crippen molar-refractivity contribution in [1.29, 1.82) is 0 Å². The number of ether oxygens (including phenoxy) is 1. The molecule has 1 aliphatic carbocycles. The van der Waals surface area contributed by atoms with E-state index in [1.807, 2.05) is 13.8 Å². The first kappa shape index (κ1) is 21.1. The highest BCUT2D eigenvalue weighted by molar-refractivity contribution is 7.91. The van der Waals surface area contributed by atoms with Gasteiger partial charge in [0.1, 0.15) is 0 Å². The summed E-state index contributed by atoms with van der Waals surface area (Å²) in [6.07, 6.45) is 4.30. The second-order valence-electron chi connectivity index (χ2n) is 8.44. The Morgan fingerprint density at radius 3 is 2.39 bits per heavy atom. The van der Waals surface area contributed by atoms with Crippen LogP contribution in [0.15, 0.2) is 0 Å². The van der Waals surface area contributed by atoms with Crippen molar-refractivity contribution in [3.63, 3.8) is 0 Å². The van der Waals surface area contributed by atoms with E-state index in [0.29, 0.717) is 13.0 Å². The fraction of sp³-hybridized carbons (Fsp3) is 0.842. The van der Waals surface area contributed by atoms with Gasteiger partial charge >= 0.3 is 5.97 Å². The molecule has 158 valence electrons. The van der Waals surface area contributed by atoms with Gasteiger partial charge in [0.25, 0.3) is 5.91 Å². The van der Waals surface area contributed by atoms with Crippen LogP contribution in [0.2, 0.25) is 0 Å². The van der Waals surface area contributed by atoms with E-state index in [2.05, 4.69) is 0 Å². The molecule has 3 rings (SSSR count). The third-order valence-corrected chi connectivity index (χ3v) is 7.81.